The zero-order chi connectivity index (χ0) is 13.0. The predicted octanol–water partition coefficient (Wildman–Crippen LogP) is 2.86. The lowest BCUT2D eigenvalue weighted by molar-refractivity contribution is 0.410. The zero-order valence-electron chi connectivity index (χ0n) is 10.9. The molecule has 2 heterocycles. The number of imidazole rings is 1. The molecule has 0 radical (unpaired) electrons. The lowest BCUT2D eigenvalue weighted by Crippen LogP contribution is -1.97. The van der Waals surface area contributed by atoms with Crippen LogP contribution in [0.1, 0.15) is 30.7 Å². The second kappa shape index (κ2) is 5.35. The van der Waals surface area contributed by atoms with E-state index in [0.717, 1.165) is 11.3 Å². The minimum absolute atomic E-state index is 0.491. The highest BCUT2D eigenvalue weighted by Crippen LogP contribution is 2.26. The van der Waals surface area contributed by atoms with Crippen LogP contribution in [0.2, 0.25) is 0 Å². The highest BCUT2D eigenvalue weighted by molar-refractivity contribution is 5.64. The SMILES string of the molecule is CC.COc1c(C)cn2cc(C)nc2c1C#N. The second-order valence-electron chi connectivity index (χ2n) is 3.45. The smallest absolute Gasteiger partial charge is 0.158 e. The van der Waals surface area contributed by atoms with Gasteiger partial charge in [-0.05, 0) is 13.8 Å². The van der Waals surface area contributed by atoms with E-state index >= 15 is 0 Å². The van der Waals surface area contributed by atoms with Gasteiger partial charge in [0.05, 0.1) is 12.8 Å². The summed E-state index contributed by atoms with van der Waals surface area (Å²) >= 11 is 0. The number of aryl methyl sites for hydroxylation is 2. The van der Waals surface area contributed by atoms with E-state index in [1.54, 1.807) is 7.11 Å². The number of fused-ring (bicyclic) bond motifs is 1. The lowest BCUT2D eigenvalue weighted by Gasteiger charge is -2.07. The van der Waals surface area contributed by atoms with Gasteiger partial charge in [-0.15, -0.1) is 0 Å². The van der Waals surface area contributed by atoms with Crippen LogP contribution in [0.4, 0.5) is 0 Å². The molecule has 17 heavy (non-hydrogen) atoms. The number of pyridine rings is 1. The maximum absolute atomic E-state index is 9.10. The molecule has 0 bridgehead atoms. The van der Waals surface area contributed by atoms with Crippen LogP contribution in [-0.2, 0) is 0 Å². The second-order valence-corrected chi connectivity index (χ2v) is 3.45. The summed E-state index contributed by atoms with van der Waals surface area (Å²) in [5.74, 6) is 0.607. The summed E-state index contributed by atoms with van der Waals surface area (Å²) in [6, 6.07) is 2.14. The summed E-state index contributed by atoms with van der Waals surface area (Å²) in [5, 5.41) is 9.10. The number of ether oxygens (including phenoxy) is 1. The number of hydrogen-bond acceptors (Lipinski definition) is 3. The van der Waals surface area contributed by atoms with Crippen molar-refractivity contribution in [3.63, 3.8) is 0 Å². The molecular weight excluding hydrogens is 214 g/mol. The average Bonchev–Trinajstić information content (AvgIpc) is 2.69. The van der Waals surface area contributed by atoms with Crippen molar-refractivity contribution in [2.75, 3.05) is 7.11 Å². The van der Waals surface area contributed by atoms with E-state index in [-0.39, 0.29) is 0 Å². The molecule has 0 unspecified atom stereocenters. The number of rotatable bonds is 1. The molecule has 0 aliphatic carbocycles. The van der Waals surface area contributed by atoms with Gasteiger partial charge in [0.2, 0.25) is 0 Å². The minimum Gasteiger partial charge on any atom is -0.495 e. The van der Waals surface area contributed by atoms with Crippen molar-refractivity contribution in [1.82, 2.24) is 9.38 Å². The topological polar surface area (TPSA) is 50.3 Å². The van der Waals surface area contributed by atoms with Gasteiger partial charge in [0.1, 0.15) is 17.4 Å². The van der Waals surface area contributed by atoms with Crippen LogP contribution in [0.25, 0.3) is 5.65 Å². The summed E-state index contributed by atoms with van der Waals surface area (Å²) in [6.07, 6.45) is 3.80. The molecule has 0 saturated carbocycles. The van der Waals surface area contributed by atoms with Gasteiger partial charge < -0.3 is 9.14 Å². The molecule has 4 nitrogen and oxygen atoms in total. The Morgan fingerprint density at radius 1 is 1.29 bits per heavy atom. The van der Waals surface area contributed by atoms with Gasteiger partial charge in [0, 0.05) is 18.0 Å². The van der Waals surface area contributed by atoms with Crippen LogP contribution in [0.3, 0.4) is 0 Å². The van der Waals surface area contributed by atoms with Gasteiger partial charge in [-0.3, -0.25) is 0 Å². The molecule has 0 N–H and O–H groups in total. The van der Waals surface area contributed by atoms with Crippen molar-refractivity contribution >= 4 is 5.65 Å². The summed E-state index contributed by atoms with van der Waals surface area (Å²) in [6.45, 7) is 7.81. The maximum Gasteiger partial charge on any atom is 0.158 e. The Kier molecular flexibility index (Phi) is 4.11. The Hall–Kier alpha value is -2.02. The third-order valence-corrected chi connectivity index (χ3v) is 2.31. The molecular formula is C13H17N3O. The Balaban J connectivity index is 0.000000686. The van der Waals surface area contributed by atoms with Gasteiger partial charge in [-0.1, -0.05) is 13.8 Å². The van der Waals surface area contributed by atoms with Crippen LogP contribution in [-0.4, -0.2) is 16.5 Å². The van der Waals surface area contributed by atoms with Gasteiger partial charge in [0.15, 0.2) is 5.65 Å². The van der Waals surface area contributed by atoms with Crippen molar-refractivity contribution in [2.45, 2.75) is 27.7 Å². The van der Waals surface area contributed by atoms with E-state index in [1.165, 1.54) is 0 Å². The molecule has 0 amide bonds. The molecule has 4 heteroatoms. The quantitative estimate of drug-likeness (QED) is 0.758. The largest absolute Gasteiger partial charge is 0.495 e. The minimum atomic E-state index is 0.491. The van der Waals surface area contributed by atoms with E-state index in [4.69, 9.17) is 10.00 Å². The van der Waals surface area contributed by atoms with E-state index in [2.05, 4.69) is 11.1 Å². The first kappa shape index (κ1) is 13.0. The zero-order valence-corrected chi connectivity index (χ0v) is 10.9. The Bertz CT molecular complexity index is 564. The van der Waals surface area contributed by atoms with Crippen LogP contribution in [0.15, 0.2) is 12.4 Å². The fourth-order valence-corrected chi connectivity index (χ4v) is 1.73. The molecule has 0 spiro atoms. The lowest BCUT2D eigenvalue weighted by atomic mass is 10.2. The summed E-state index contributed by atoms with van der Waals surface area (Å²) < 4.78 is 7.06. The molecule has 90 valence electrons. The average molecular weight is 231 g/mol. The summed E-state index contributed by atoms with van der Waals surface area (Å²) in [5.41, 5.74) is 2.96. The third-order valence-electron chi connectivity index (χ3n) is 2.31. The fourth-order valence-electron chi connectivity index (χ4n) is 1.73. The van der Waals surface area contributed by atoms with E-state index < -0.39 is 0 Å². The monoisotopic (exact) mass is 231 g/mol. The number of hydrogen-bond donors (Lipinski definition) is 0. The fraction of sp³-hybridized carbons (Fsp3) is 0.385. The number of nitrogens with zero attached hydrogens (tertiary/aromatic N) is 3. The Labute approximate surface area is 101 Å². The van der Waals surface area contributed by atoms with Gasteiger partial charge in [0.25, 0.3) is 0 Å². The molecule has 0 aliphatic rings. The molecule has 0 atom stereocenters. The first-order valence-electron chi connectivity index (χ1n) is 5.60. The molecule has 0 aromatic carbocycles. The third kappa shape index (κ3) is 2.23. The molecule has 2 aromatic rings. The predicted molar refractivity (Wildman–Crippen MR) is 67.3 cm³/mol. The van der Waals surface area contributed by atoms with E-state index in [1.807, 2.05) is 44.5 Å². The first-order valence-corrected chi connectivity index (χ1v) is 5.60. The molecule has 0 aliphatic heterocycles. The van der Waals surface area contributed by atoms with Crippen molar-refractivity contribution in [3.8, 4) is 11.8 Å². The van der Waals surface area contributed by atoms with Gasteiger partial charge in [-0.2, -0.15) is 5.26 Å². The van der Waals surface area contributed by atoms with Crippen LogP contribution < -0.4 is 4.74 Å². The highest BCUT2D eigenvalue weighted by Gasteiger charge is 2.13. The number of aromatic nitrogens is 2. The number of nitriles is 1. The van der Waals surface area contributed by atoms with Gasteiger partial charge >= 0.3 is 0 Å². The Morgan fingerprint density at radius 3 is 2.47 bits per heavy atom. The molecule has 2 aromatic heterocycles. The van der Waals surface area contributed by atoms with E-state index in [0.29, 0.717) is 17.0 Å². The standard InChI is InChI=1S/C11H11N3O.C2H6/c1-7-5-14-6-8(2)13-11(14)9(4-12)10(7)15-3;1-2/h5-6H,1-3H3;1-2H3. The molecule has 0 saturated heterocycles. The van der Waals surface area contributed by atoms with Crippen molar-refractivity contribution in [1.29, 1.82) is 5.26 Å². The van der Waals surface area contributed by atoms with Crippen LogP contribution >= 0.6 is 0 Å². The van der Waals surface area contributed by atoms with Crippen LogP contribution in [0, 0.1) is 25.2 Å². The van der Waals surface area contributed by atoms with Gasteiger partial charge in [-0.25, -0.2) is 4.98 Å². The Morgan fingerprint density at radius 2 is 1.94 bits per heavy atom. The molecule has 2 rings (SSSR count). The van der Waals surface area contributed by atoms with Crippen molar-refractivity contribution < 1.29 is 4.74 Å². The highest BCUT2D eigenvalue weighted by atomic mass is 16.5. The van der Waals surface area contributed by atoms with E-state index in [9.17, 15) is 0 Å². The summed E-state index contributed by atoms with van der Waals surface area (Å²) in [4.78, 5) is 4.29. The first-order chi connectivity index (χ1) is 8.17. The summed E-state index contributed by atoms with van der Waals surface area (Å²) in [7, 11) is 1.56. The molecule has 0 fully saturated rings. The maximum atomic E-state index is 9.10. The van der Waals surface area contributed by atoms with Crippen LogP contribution in [0.5, 0.6) is 5.75 Å². The van der Waals surface area contributed by atoms with Crippen molar-refractivity contribution in [3.05, 3.63) is 29.2 Å². The normalized spacial score (nSPS) is 9.41. The number of methoxy groups -OCH3 is 1. The van der Waals surface area contributed by atoms with Crippen molar-refractivity contribution in [2.24, 2.45) is 0 Å².